The molecule has 0 spiro atoms. The van der Waals surface area contributed by atoms with E-state index >= 15 is 0 Å². The third-order valence-corrected chi connectivity index (χ3v) is 5.16. The SMILES string of the molecule is CCC1=NS(=O)(=O)c2cccnc2N1c1cccc(C(C)C)c1. The summed E-state index contributed by atoms with van der Waals surface area (Å²) < 4.78 is 28.7. The average Bonchev–Trinajstić information content (AvgIpc) is 2.54. The van der Waals surface area contributed by atoms with Crippen molar-refractivity contribution in [3.05, 3.63) is 48.2 Å². The van der Waals surface area contributed by atoms with E-state index in [0.717, 1.165) is 5.69 Å². The van der Waals surface area contributed by atoms with E-state index < -0.39 is 10.0 Å². The first-order chi connectivity index (χ1) is 10.9. The summed E-state index contributed by atoms with van der Waals surface area (Å²) in [5, 5.41) is 0. The van der Waals surface area contributed by atoms with Gasteiger partial charge in [0.15, 0.2) is 5.82 Å². The van der Waals surface area contributed by atoms with E-state index in [0.29, 0.717) is 24.0 Å². The first kappa shape index (κ1) is 15.7. The molecule has 0 bridgehead atoms. The molecule has 1 aromatic carbocycles. The van der Waals surface area contributed by atoms with Gasteiger partial charge in [0, 0.05) is 18.3 Å². The van der Waals surface area contributed by atoms with Crippen LogP contribution in [0, 0.1) is 0 Å². The number of hydrogen-bond acceptors (Lipinski definition) is 4. The van der Waals surface area contributed by atoms with E-state index in [9.17, 15) is 8.42 Å². The molecule has 120 valence electrons. The van der Waals surface area contributed by atoms with Crippen LogP contribution in [0.5, 0.6) is 0 Å². The van der Waals surface area contributed by atoms with Crippen molar-refractivity contribution in [1.29, 1.82) is 0 Å². The molecule has 0 unspecified atom stereocenters. The van der Waals surface area contributed by atoms with Gasteiger partial charge in [0.2, 0.25) is 0 Å². The van der Waals surface area contributed by atoms with Crippen molar-refractivity contribution in [2.24, 2.45) is 4.40 Å². The summed E-state index contributed by atoms with van der Waals surface area (Å²) in [6, 6.07) is 11.2. The van der Waals surface area contributed by atoms with E-state index in [1.807, 2.05) is 24.0 Å². The lowest BCUT2D eigenvalue weighted by Gasteiger charge is -2.29. The first-order valence-electron chi connectivity index (χ1n) is 7.63. The molecule has 2 heterocycles. The van der Waals surface area contributed by atoms with Gasteiger partial charge < -0.3 is 0 Å². The Morgan fingerprint density at radius 1 is 1.17 bits per heavy atom. The fourth-order valence-electron chi connectivity index (χ4n) is 2.62. The Morgan fingerprint density at radius 2 is 1.96 bits per heavy atom. The molecule has 3 rings (SSSR count). The van der Waals surface area contributed by atoms with Crippen molar-refractivity contribution in [2.75, 3.05) is 4.90 Å². The zero-order chi connectivity index (χ0) is 16.6. The fourth-order valence-corrected chi connectivity index (χ4v) is 3.83. The molecule has 0 N–H and O–H groups in total. The lowest BCUT2D eigenvalue weighted by Crippen LogP contribution is -2.32. The zero-order valence-electron chi connectivity index (χ0n) is 13.4. The van der Waals surface area contributed by atoms with Crippen LogP contribution in [0.25, 0.3) is 0 Å². The summed E-state index contributed by atoms with van der Waals surface area (Å²) in [7, 11) is -3.69. The molecule has 6 heteroatoms. The van der Waals surface area contributed by atoms with E-state index in [2.05, 4.69) is 35.4 Å². The second-order valence-corrected chi connectivity index (χ2v) is 7.32. The lowest BCUT2D eigenvalue weighted by molar-refractivity contribution is 0.596. The van der Waals surface area contributed by atoms with E-state index in [1.54, 1.807) is 18.3 Å². The van der Waals surface area contributed by atoms with Gasteiger partial charge in [-0.1, -0.05) is 32.9 Å². The Bertz CT molecular complexity index is 873. The third-order valence-electron chi connectivity index (χ3n) is 3.84. The maximum Gasteiger partial charge on any atom is 0.287 e. The molecule has 0 saturated carbocycles. The van der Waals surface area contributed by atoms with Crippen LogP contribution in [0.3, 0.4) is 0 Å². The number of nitrogens with zero attached hydrogens (tertiary/aromatic N) is 3. The van der Waals surface area contributed by atoms with Crippen molar-refractivity contribution in [2.45, 2.75) is 38.0 Å². The van der Waals surface area contributed by atoms with Crippen LogP contribution >= 0.6 is 0 Å². The van der Waals surface area contributed by atoms with E-state index in [4.69, 9.17) is 0 Å². The lowest BCUT2D eigenvalue weighted by atomic mass is 10.0. The molecule has 5 nitrogen and oxygen atoms in total. The summed E-state index contributed by atoms with van der Waals surface area (Å²) in [6.45, 7) is 6.14. The minimum atomic E-state index is -3.69. The van der Waals surface area contributed by atoms with Gasteiger partial charge in [0.05, 0.1) is 0 Å². The molecule has 0 aliphatic carbocycles. The molecule has 0 atom stereocenters. The van der Waals surface area contributed by atoms with Crippen molar-refractivity contribution >= 4 is 27.4 Å². The van der Waals surface area contributed by atoms with Gasteiger partial charge in [-0.2, -0.15) is 8.42 Å². The monoisotopic (exact) mass is 329 g/mol. The molecular weight excluding hydrogens is 310 g/mol. The summed E-state index contributed by atoms with van der Waals surface area (Å²) >= 11 is 0. The van der Waals surface area contributed by atoms with Crippen molar-refractivity contribution in [3.63, 3.8) is 0 Å². The minimum Gasteiger partial charge on any atom is -0.281 e. The maximum absolute atomic E-state index is 12.3. The van der Waals surface area contributed by atoms with Crippen LogP contribution < -0.4 is 4.90 Å². The zero-order valence-corrected chi connectivity index (χ0v) is 14.2. The number of hydrogen-bond donors (Lipinski definition) is 0. The highest BCUT2D eigenvalue weighted by Crippen LogP contribution is 2.36. The van der Waals surface area contributed by atoms with Gasteiger partial charge in [-0.3, -0.25) is 4.90 Å². The van der Waals surface area contributed by atoms with Crippen LogP contribution in [-0.2, 0) is 10.0 Å². The van der Waals surface area contributed by atoms with E-state index in [-0.39, 0.29) is 4.90 Å². The van der Waals surface area contributed by atoms with Gasteiger partial charge in [-0.15, -0.1) is 4.40 Å². The second-order valence-electron chi connectivity index (χ2n) is 5.75. The minimum absolute atomic E-state index is 0.146. The standard InChI is InChI=1S/C17H19N3O2S/c1-4-16-19-23(21,22)15-9-6-10-18-17(15)20(16)14-8-5-7-13(11-14)12(2)3/h5-12H,4H2,1-3H3. The van der Waals surface area contributed by atoms with Crippen molar-refractivity contribution in [1.82, 2.24) is 4.98 Å². The normalized spacial score (nSPS) is 16.2. The Kier molecular flexibility index (Phi) is 3.93. The first-order valence-corrected chi connectivity index (χ1v) is 9.07. The van der Waals surface area contributed by atoms with E-state index in [1.165, 1.54) is 5.56 Å². The fraction of sp³-hybridized carbons (Fsp3) is 0.294. The number of rotatable bonds is 3. The predicted molar refractivity (Wildman–Crippen MR) is 91.8 cm³/mol. The molecule has 0 amide bonds. The number of fused-ring (bicyclic) bond motifs is 1. The summed E-state index contributed by atoms with van der Waals surface area (Å²) in [6.07, 6.45) is 2.10. The topological polar surface area (TPSA) is 62.6 Å². The molecule has 0 fully saturated rings. The number of pyridine rings is 1. The quantitative estimate of drug-likeness (QED) is 0.858. The number of benzene rings is 1. The summed E-state index contributed by atoms with van der Waals surface area (Å²) in [5.41, 5.74) is 2.07. The smallest absolute Gasteiger partial charge is 0.281 e. The molecule has 2 aromatic rings. The molecule has 1 aliphatic heterocycles. The predicted octanol–water partition coefficient (Wildman–Crippen LogP) is 3.85. The van der Waals surface area contributed by atoms with Crippen LogP contribution in [0.4, 0.5) is 11.5 Å². The number of sulfonamides is 1. The van der Waals surface area contributed by atoms with Gasteiger partial charge in [0.1, 0.15) is 10.7 Å². The summed E-state index contributed by atoms with van der Waals surface area (Å²) in [4.78, 5) is 6.29. The molecule has 1 aliphatic rings. The van der Waals surface area contributed by atoms with Crippen LogP contribution in [-0.4, -0.2) is 19.2 Å². The maximum atomic E-state index is 12.3. The highest BCUT2D eigenvalue weighted by Gasteiger charge is 2.32. The second kappa shape index (κ2) is 5.77. The molecular formula is C17H19N3O2S. The van der Waals surface area contributed by atoms with Crippen molar-refractivity contribution in [3.8, 4) is 0 Å². The molecule has 1 aromatic heterocycles. The highest BCUT2D eigenvalue weighted by molar-refractivity contribution is 7.90. The number of anilines is 2. The Labute approximate surface area is 136 Å². The highest BCUT2D eigenvalue weighted by atomic mass is 32.2. The molecule has 0 radical (unpaired) electrons. The van der Waals surface area contributed by atoms with Crippen LogP contribution in [0.1, 0.15) is 38.7 Å². The van der Waals surface area contributed by atoms with Gasteiger partial charge in [0.25, 0.3) is 10.0 Å². The Morgan fingerprint density at radius 3 is 2.65 bits per heavy atom. The largest absolute Gasteiger partial charge is 0.287 e. The van der Waals surface area contributed by atoms with Gasteiger partial charge in [-0.05, 0) is 35.7 Å². The molecule has 23 heavy (non-hydrogen) atoms. The third kappa shape index (κ3) is 2.74. The van der Waals surface area contributed by atoms with Gasteiger partial charge >= 0.3 is 0 Å². The van der Waals surface area contributed by atoms with Gasteiger partial charge in [-0.25, -0.2) is 4.98 Å². The van der Waals surface area contributed by atoms with Crippen LogP contribution in [0.15, 0.2) is 51.9 Å². The summed E-state index contributed by atoms with van der Waals surface area (Å²) in [5.74, 6) is 1.28. The number of aromatic nitrogens is 1. The average molecular weight is 329 g/mol. The molecule has 0 saturated heterocycles. The Balaban J connectivity index is 2.23. The van der Waals surface area contributed by atoms with Crippen LogP contribution in [0.2, 0.25) is 0 Å². The van der Waals surface area contributed by atoms with Crippen molar-refractivity contribution < 1.29 is 8.42 Å². The Hall–Kier alpha value is -2.21. The number of amidine groups is 1.